The van der Waals surface area contributed by atoms with Crippen molar-refractivity contribution < 1.29 is 8.78 Å². The number of rotatable bonds is 9. The van der Waals surface area contributed by atoms with Gasteiger partial charge in [-0.1, -0.05) is 72.8 Å². The first kappa shape index (κ1) is 41.7. The van der Waals surface area contributed by atoms with Crippen LogP contribution in [0.1, 0.15) is 5.56 Å². The Morgan fingerprint density at radius 2 is 0.743 bits per heavy atom. The molecule has 2 heterocycles. The van der Waals surface area contributed by atoms with Crippen molar-refractivity contribution >= 4 is 83.4 Å². The quantitative estimate of drug-likeness (QED) is 0.136. The summed E-state index contributed by atoms with van der Waals surface area (Å²) in [6.07, 6.45) is 0. The van der Waals surface area contributed by atoms with Crippen LogP contribution in [0.5, 0.6) is 0 Å². The smallest absolute Gasteiger partial charge is 0.187 e. The van der Waals surface area contributed by atoms with Crippen LogP contribution >= 0.6 is 0 Å². The minimum atomic E-state index is -0.281. The summed E-state index contributed by atoms with van der Waals surface area (Å²) in [5.41, 5.74) is 14.6. The summed E-state index contributed by atoms with van der Waals surface area (Å²) in [4.78, 5) is 8.05. The van der Waals surface area contributed by atoms with Gasteiger partial charge in [-0.05, 0) is 169 Å². The molecule has 0 fully saturated rings. The Kier molecular flexibility index (Phi) is 10.2. The molecule has 8 heteroatoms. The average molecular weight is 905 g/mol. The van der Waals surface area contributed by atoms with Crippen LogP contribution in [0, 0.1) is 29.5 Å². The molecule has 0 spiro atoms. The van der Waals surface area contributed by atoms with Crippen molar-refractivity contribution in [2.75, 3.05) is 9.80 Å². The Morgan fingerprint density at radius 1 is 0.386 bits per heavy atom. The number of fused-ring (bicyclic) bond motifs is 6. The molecule has 0 radical (unpaired) electrons. The molecular formula is C62H38F2N6. The maximum absolute atomic E-state index is 14.0. The Hall–Kier alpha value is -9.76. The van der Waals surface area contributed by atoms with E-state index in [1.54, 1.807) is 24.3 Å². The van der Waals surface area contributed by atoms with Crippen molar-refractivity contribution in [2.24, 2.45) is 0 Å². The molecule has 0 unspecified atom stereocenters. The largest absolute Gasteiger partial charge is 0.311 e. The van der Waals surface area contributed by atoms with Gasteiger partial charge in [0.15, 0.2) is 5.69 Å². The maximum Gasteiger partial charge on any atom is 0.187 e. The fourth-order valence-electron chi connectivity index (χ4n) is 9.80. The van der Waals surface area contributed by atoms with Crippen LogP contribution in [0.2, 0.25) is 0 Å². The first-order valence-electron chi connectivity index (χ1n) is 22.8. The lowest BCUT2D eigenvalue weighted by Crippen LogP contribution is -2.10. The molecule has 0 saturated heterocycles. The molecule has 0 saturated carbocycles. The zero-order valence-electron chi connectivity index (χ0n) is 37.4. The number of nitrogens with zero attached hydrogens (tertiary/aromatic N) is 6. The summed E-state index contributed by atoms with van der Waals surface area (Å²) in [5.74, 6) is -0.561. The van der Waals surface area contributed by atoms with Crippen molar-refractivity contribution in [1.29, 1.82) is 5.26 Å². The summed E-state index contributed by atoms with van der Waals surface area (Å²) in [6, 6.07) is 77.1. The second-order valence-electron chi connectivity index (χ2n) is 17.1. The molecule has 0 amide bonds. The lowest BCUT2D eigenvalue weighted by molar-refractivity contribution is 0.627. The van der Waals surface area contributed by atoms with E-state index in [4.69, 9.17) is 6.57 Å². The SMILES string of the molecule is [C-]#[N+]c1ccc(N(c2ccc(-c3ccc(N(c4ccc(C#N)cc4)c4ccc5c(c4)c4ccccc4n5-c4ccc(F)cc4)cc3)cc2)c2ccc3c(c2)c2ccccc2n3-c2ccc(F)cc2)cc1. The fourth-order valence-corrected chi connectivity index (χ4v) is 9.80. The molecule has 2 aromatic heterocycles. The van der Waals surface area contributed by atoms with E-state index >= 15 is 0 Å². The first-order valence-corrected chi connectivity index (χ1v) is 22.8. The van der Waals surface area contributed by atoms with E-state index in [2.05, 4.69) is 139 Å². The van der Waals surface area contributed by atoms with Crippen molar-refractivity contribution in [3.63, 3.8) is 0 Å². The highest BCUT2D eigenvalue weighted by molar-refractivity contribution is 6.12. The monoisotopic (exact) mass is 904 g/mol. The molecule has 330 valence electrons. The summed E-state index contributed by atoms with van der Waals surface area (Å²) in [6.45, 7) is 7.60. The van der Waals surface area contributed by atoms with Crippen LogP contribution in [-0.4, -0.2) is 9.13 Å². The number of benzene rings is 10. The molecule has 10 aromatic carbocycles. The highest BCUT2D eigenvalue weighted by Gasteiger charge is 2.20. The minimum absolute atomic E-state index is 0.280. The van der Waals surface area contributed by atoms with E-state index in [1.165, 1.54) is 24.3 Å². The van der Waals surface area contributed by atoms with Gasteiger partial charge in [-0.3, -0.25) is 0 Å². The summed E-state index contributed by atoms with van der Waals surface area (Å²) in [7, 11) is 0. The van der Waals surface area contributed by atoms with E-state index in [1.807, 2.05) is 72.8 Å². The summed E-state index contributed by atoms with van der Waals surface area (Å²) >= 11 is 0. The number of hydrogen-bond donors (Lipinski definition) is 0. The number of halogens is 2. The van der Waals surface area contributed by atoms with Gasteiger partial charge in [0.25, 0.3) is 0 Å². The second kappa shape index (κ2) is 17.2. The van der Waals surface area contributed by atoms with E-state index in [-0.39, 0.29) is 11.6 Å². The van der Waals surface area contributed by atoms with E-state index in [0.29, 0.717) is 11.3 Å². The zero-order chi connectivity index (χ0) is 47.3. The molecule has 0 atom stereocenters. The van der Waals surface area contributed by atoms with Crippen LogP contribution in [-0.2, 0) is 0 Å². The van der Waals surface area contributed by atoms with Crippen LogP contribution < -0.4 is 9.80 Å². The third-order valence-electron chi connectivity index (χ3n) is 13.1. The lowest BCUT2D eigenvalue weighted by atomic mass is 10.0. The predicted octanol–water partition coefficient (Wildman–Crippen LogP) is 17.2. The van der Waals surface area contributed by atoms with Gasteiger partial charge in [0.2, 0.25) is 0 Å². The Balaban J connectivity index is 0.915. The van der Waals surface area contributed by atoms with E-state index < -0.39 is 0 Å². The average Bonchev–Trinajstić information content (AvgIpc) is 3.92. The fraction of sp³-hybridized carbons (Fsp3) is 0. The normalized spacial score (nSPS) is 11.3. The van der Waals surface area contributed by atoms with Gasteiger partial charge >= 0.3 is 0 Å². The highest BCUT2D eigenvalue weighted by atomic mass is 19.1. The lowest BCUT2D eigenvalue weighted by Gasteiger charge is -2.26. The van der Waals surface area contributed by atoms with Crippen LogP contribution in [0.3, 0.4) is 0 Å². The Labute approximate surface area is 402 Å². The molecule has 6 nitrogen and oxygen atoms in total. The molecule has 0 aliphatic carbocycles. The molecule has 12 rings (SSSR count). The molecule has 70 heavy (non-hydrogen) atoms. The molecule has 0 aliphatic rings. The number of para-hydroxylation sites is 2. The van der Waals surface area contributed by atoms with Crippen LogP contribution in [0.25, 0.3) is 71.0 Å². The second-order valence-corrected chi connectivity index (χ2v) is 17.1. The van der Waals surface area contributed by atoms with Gasteiger partial charge in [-0.25, -0.2) is 13.6 Å². The van der Waals surface area contributed by atoms with Gasteiger partial charge in [0, 0.05) is 67.0 Å². The topological polar surface area (TPSA) is 44.5 Å². The number of anilines is 6. The Bertz CT molecular complexity index is 3750. The van der Waals surface area contributed by atoms with Crippen LogP contribution in [0.15, 0.2) is 231 Å². The molecular weight excluding hydrogens is 867 g/mol. The third-order valence-corrected chi connectivity index (χ3v) is 13.1. The van der Waals surface area contributed by atoms with Crippen molar-refractivity contribution in [1.82, 2.24) is 9.13 Å². The highest BCUT2D eigenvalue weighted by Crippen LogP contribution is 2.43. The first-order chi connectivity index (χ1) is 34.4. The van der Waals surface area contributed by atoms with Gasteiger partial charge in [-0.2, -0.15) is 5.26 Å². The molecule has 0 aliphatic heterocycles. The summed E-state index contributed by atoms with van der Waals surface area (Å²) in [5, 5.41) is 13.9. The van der Waals surface area contributed by atoms with Crippen LogP contribution in [0.4, 0.5) is 48.6 Å². The van der Waals surface area contributed by atoms with Gasteiger partial charge < -0.3 is 18.9 Å². The zero-order valence-corrected chi connectivity index (χ0v) is 37.4. The minimum Gasteiger partial charge on any atom is -0.311 e. The van der Waals surface area contributed by atoms with Gasteiger partial charge in [-0.15, -0.1) is 0 Å². The number of nitriles is 1. The molecule has 0 N–H and O–H groups in total. The standard InChI is InChI=1S/C62H38F2N6/c1-66-46-20-32-50(33-21-46)68(54-35-37-62-58(39-54)56-7-3-5-9-60(56)70(62)52-30-18-45(64)19-31-52)49-26-14-43(15-27-49)42-12-24-48(25-13-42)67(47-22-10-41(40-65)11-23-47)53-34-36-61-57(38-53)55-6-2-4-8-59(55)69(61)51-28-16-44(63)17-29-51/h2-39H. The van der Waals surface area contributed by atoms with Crippen molar-refractivity contribution in [3.05, 3.63) is 259 Å². The van der Waals surface area contributed by atoms with E-state index in [9.17, 15) is 14.0 Å². The van der Waals surface area contributed by atoms with Gasteiger partial charge in [0.1, 0.15) is 11.6 Å². The van der Waals surface area contributed by atoms with Crippen molar-refractivity contribution in [3.8, 4) is 28.6 Å². The Morgan fingerprint density at radius 3 is 1.14 bits per heavy atom. The number of hydrogen-bond acceptors (Lipinski definition) is 3. The summed E-state index contributed by atoms with van der Waals surface area (Å²) < 4.78 is 32.4. The maximum atomic E-state index is 14.0. The van der Waals surface area contributed by atoms with Gasteiger partial charge in [0.05, 0.1) is 40.3 Å². The third kappa shape index (κ3) is 7.25. The number of aromatic nitrogens is 2. The predicted molar refractivity (Wildman–Crippen MR) is 281 cm³/mol. The van der Waals surface area contributed by atoms with E-state index in [0.717, 1.165) is 100 Å². The molecule has 0 bridgehead atoms. The van der Waals surface area contributed by atoms with Crippen molar-refractivity contribution in [2.45, 2.75) is 0 Å². The molecule has 12 aromatic rings.